The molecule has 2 aromatic rings. The van der Waals surface area contributed by atoms with Crippen molar-refractivity contribution in [2.24, 2.45) is 11.8 Å². The highest BCUT2D eigenvalue weighted by Gasteiger charge is 2.19. The van der Waals surface area contributed by atoms with Crippen LogP contribution in [0.3, 0.4) is 0 Å². The van der Waals surface area contributed by atoms with Crippen LogP contribution in [0, 0.1) is 11.8 Å². The molecule has 2 fully saturated rings. The fourth-order valence-corrected chi connectivity index (χ4v) is 5.09. The second-order valence-corrected chi connectivity index (χ2v) is 10.4. The van der Waals surface area contributed by atoms with Crippen molar-refractivity contribution in [2.45, 2.75) is 51.6 Å². The van der Waals surface area contributed by atoms with Gasteiger partial charge in [0.15, 0.2) is 11.4 Å². The van der Waals surface area contributed by atoms with Crippen LogP contribution in [0.4, 0.5) is 0 Å². The number of nitrogens with one attached hydrogen (secondary N) is 1. The van der Waals surface area contributed by atoms with Crippen LogP contribution < -0.4 is 5.32 Å². The number of carbonyl (C=O) groups is 2. The number of rotatable bonds is 8. The van der Waals surface area contributed by atoms with Crippen LogP contribution in [0.2, 0.25) is 10.3 Å². The van der Waals surface area contributed by atoms with Gasteiger partial charge in [-0.1, -0.05) is 23.2 Å². The Morgan fingerprint density at radius 3 is 1.73 bits per heavy atom. The lowest BCUT2D eigenvalue weighted by Gasteiger charge is -2.28. The first-order valence-electron chi connectivity index (χ1n) is 12.8. The van der Waals surface area contributed by atoms with E-state index in [-0.39, 0.29) is 11.4 Å². The van der Waals surface area contributed by atoms with Gasteiger partial charge in [-0.2, -0.15) is 10.2 Å². The van der Waals surface area contributed by atoms with Crippen molar-refractivity contribution in [3.05, 3.63) is 33.8 Å². The van der Waals surface area contributed by atoms with Crippen molar-refractivity contribution in [2.75, 3.05) is 47.4 Å². The second-order valence-electron chi connectivity index (χ2n) is 9.65. The number of piperidine rings is 2. The maximum Gasteiger partial charge on any atom is 0.358 e. The molecule has 1 N–H and O–H groups in total. The third-order valence-corrected chi connectivity index (χ3v) is 7.65. The van der Waals surface area contributed by atoms with Crippen molar-refractivity contribution in [3.63, 3.8) is 0 Å². The van der Waals surface area contributed by atoms with Gasteiger partial charge in [0.25, 0.3) is 0 Å². The molecule has 0 saturated carbocycles. The van der Waals surface area contributed by atoms with Crippen LogP contribution >= 0.6 is 23.2 Å². The van der Waals surface area contributed by atoms with Gasteiger partial charge in [-0.05, 0) is 83.6 Å². The molecule has 12 heteroatoms. The first-order valence-corrected chi connectivity index (χ1v) is 13.6. The molecule has 0 unspecified atom stereocenters. The Bertz CT molecular complexity index is 1010. The van der Waals surface area contributed by atoms with Crippen LogP contribution in [-0.2, 0) is 22.6 Å². The number of hydrogen-bond acceptors (Lipinski definition) is 8. The van der Waals surface area contributed by atoms with E-state index in [1.807, 2.05) is 0 Å². The zero-order chi connectivity index (χ0) is 26.8. The first-order chi connectivity index (χ1) is 17.8. The standard InChI is InChI=1S/C13H20ClN3O2.C12H18ClN3O2/c1-16-6-3-10(4-7-16)5-8-17-12(14)9-11(15-17)13(18)19-2;1-18-12(17)10-8-11(13)16(15-10)7-4-9-2-5-14-6-3-9/h9-10H,3-8H2,1-2H3;8-9,14H,2-7H2,1H3. The topological polar surface area (TPSA) is 104 Å². The fourth-order valence-electron chi connectivity index (χ4n) is 4.64. The molecule has 4 rings (SSSR count). The van der Waals surface area contributed by atoms with Crippen molar-refractivity contribution < 1.29 is 19.1 Å². The van der Waals surface area contributed by atoms with Crippen LogP contribution in [0.15, 0.2) is 12.1 Å². The minimum Gasteiger partial charge on any atom is -0.464 e. The molecular formula is C25H38Cl2N6O4. The zero-order valence-corrected chi connectivity index (χ0v) is 23.4. The van der Waals surface area contributed by atoms with Crippen molar-refractivity contribution in [3.8, 4) is 0 Å². The van der Waals surface area contributed by atoms with E-state index in [0.717, 1.165) is 58.0 Å². The highest BCUT2D eigenvalue weighted by Crippen LogP contribution is 2.22. The van der Waals surface area contributed by atoms with Crippen molar-refractivity contribution in [1.82, 2.24) is 29.8 Å². The Morgan fingerprint density at radius 2 is 1.30 bits per heavy atom. The van der Waals surface area contributed by atoms with Crippen LogP contribution in [0.25, 0.3) is 0 Å². The van der Waals surface area contributed by atoms with Gasteiger partial charge in [0.2, 0.25) is 0 Å². The van der Waals surface area contributed by atoms with E-state index in [4.69, 9.17) is 23.2 Å². The number of nitrogens with zero attached hydrogens (tertiary/aromatic N) is 5. The molecule has 4 heterocycles. The fraction of sp³-hybridized carbons (Fsp3) is 0.680. The molecule has 0 amide bonds. The van der Waals surface area contributed by atoms with E-state index in [0.29, 0.717) is 16.2 Å². The molecule has 10 nitrogen and oxygen atoms in total. The Labute approximate surface area is 228 Å². The summed E-state index contributed by atoms with van der Waals surface area (Å²) < 4.78 is 12.6. The molecule has 0 spiro atoms. The third-order valence-electron chi connectivity index (χ3n) is 7.05. The van der Waals surface area contributed by atoms with Gasteiger partial charge in [0.1, 0.15) is 10.3 Å². The zero-order valence-electron chi connectivity index (χ0n) is 21.9. The van der Waals surface area contributed by atoms with Gasteiger partial charge >= 0.3 is 11.9 Å². The minimum atomic E-state index is -0.447. The number of aryl methyl sites for hydroxylation is 2. The summed E-state index contributed by atoms with van der Waals surface area (Å²) >= 11 is 12.1. The Balaban J connectivity index is 0.000000206. The third kappa shape index (κ3) is 8.98. The maximum atomic E-state index is 11.4. The summed E-state index contributed by atoms with van der Waals surface area (Å²) in [7, 11) is 4.83. The summed E-state index contributed by atoms with van der Waals surface area (Å²) in [4.78, 5) is 25.0. The predicted octanol–water partition coefficient (Wildman–Crippen LogP) is 3.77. The maximum absolute atomic E-state index is 11.4. The Hall–Kier alpha value is -2.14. The van der Waals surface area contributed by atoms with E-state index >= 15 is 0 Å². The number of carbonyl (C=O) groups excluding carboxylic acids is 2. The monoisotopic (exact) mass is 556 g/mol. The van der Waals surface area contributed by atoms with Crippen LogP contribution in [0.1, 0.15) is 59.5 Å². The van der Waals surface area contributed by atoms with E-state index in [1.54, 1.807) is 21.5 Å². The molecule has 0 bridgehead atoms. The van der Waals surface area contributed by atoms with Gasteiger partial charge in [-0.25, -0.2) is 9.59 Å². The van der Waals surface area contributed by atoms with Crippen molar-refractivity contribution in [1.29, 1.82) is 0 Å². The minimum absolute atomic E-state index is 0.271. The van der Waals surface area contributed by atoms with Crippen LogP contribution in [-0.4, -0.2) is 83.8 Å². The quantitative estimate of drug-likeness (QED) is 0.490. The highest BCUT2D eigenvalue weighted by atomic mass is 35.5. The number of hydrogen-bond donors (Lipinski definition) is 1. The highest BCUT2D eigenvalue weighted by molar-refractivity contribution is 6.30. The van der Waals surface area contributed by atoms with E-state index in [9.17, 15) is 9.59 Å². The van der Waals surface area contributed by atoms with E-state index in [1.165, 1.54) is 39.9 Å². The summed E-state index contributed by atoms with van der Waals surface area (Å²) in [6.07, 6.45) is 6.93. The SMILES string of the molecule is COC(=O)c1cc(Cl)n(CCC2CCN(C)CC2)n1.COC(=O)c1cc(Cl)n(CCC2CCNCC2)n1. The van der Waals surface area contributed by atoms with Crippen LogP contribution in [0.5, 0.6) is 0 Å². The lowest BCUT2D eigenvalue weighted by molar-refractivity contribution is 0.0584. The summed E-state index contributed by atoms with van der Waals surface area (Å²) in [6, 6.07) is 3.11. The van der Waals surface area contributed by atoms with Gasteiger partial charge in [0.05, 0.1) is 14.2 Å². The summed E-state index contributed by atoms with van der Waals surface area (Å²) in [5.41, 5.74) is 0.545. The molecule has 0 aromatic carbocycles. The molecule has 2 saturated heterocycles. The lowest BCUT2D eigenvalue weighted by atomic mass is 9.94. The molecule has 2 aliphatic rings. The smallest absolute Gasteiger partial charge is 0.358 e. The van der Waals surface area contributed by atoms with E-state index in [2.05, 4.69) is 36.9 Å². The van der Waals surface area contributed by atoms with Crippen molar-refractivity contribution >= 4 is 35.1 Å². The molecule has 2 aromatic heterocycles. The molecule has 206 valence electrons. The molecular weight excluding hydrogens is 519 g/mol. The number of halogens is 2. The first kappa shape index (κ1) is 29.4. The number of esters is 2. The Kier molecular flexibility index (Phi) is 11.7. The largest absolute Gasteiger partial charge is 0.464 e. The van der Waals surface area contributed by atoms with Gasteiger partial charge in [-0.3, -0.25) is 9.36 Å². The number of ether oxygens (including phenoxy) is 2. The summed E-state index contributed by atoms with van der Waals surface area (Å²) in [5.74, 6) is 0.545. The average molecular weight is 558 g/mol. The molecule has 2 aliphatic heterocycles. The average Bonchev–Trinajstić information content (AvgIpc) is 3.49. The van der Waals surface area contributed by atoms with E-state index < -0.39 is 11.9 Å². The van der Waals surface area contributed by atoms with Gasteiger partial charge in [-0.15, -0.1) is 0 Å². The van der Waals surface area contributed by atoms with Gasteiger partial charge in [0, 0.05) is 25.2 Å². The summed E-state index contributed by atoms with van der Waals surface area (Å²) in [5, 5.41) is 12.7. The van der Waals surface area contributed by atoms with Gasteiger partial charge < -0.3 is 19.7 Å². The Morgan fingerprint density at radius 1 is 0.865 bits per heavy atom. The molecule has 37 heavy (non-hydrogen) atoms. The normalized spacial score (nSPS) is 17.2. The predicted molar refractivity (Wildman–Crippen MR) is 142 cm³/mol. The lowest BCUT2D eigenvalue weighted by Crippen LogP contribution is -2.30. The molecule has 0 radical (unpaired) electrons. The number of aromatic nitrogens is 4. The summed E-state index contributed by atoms with van der Waals surface area (Å²) in [6.45, 7) is 6.00. The number of methoxy groups -OCH3 is 2. The molecule has 0 aliphatic carbocycles. The molecule has 0 atom stereocenters. The number of likely N-dealkylation sites (tertiary alicyclic amines) is 1. The second kappa shape index (κ2) is 14.7.